The number of aryl methyl sites for hydroxylation is 1. The van der Waals surface area contributed by atoms with Gasteiger partial charge in [0.15, 0.2) is 11.9 Å². The number of rotatable bonds is 4. The zero-order chi connectivity index (χ0) is 19.7. The van der Waals surface area contributed by atoms with E-state index >= 15 is 0 Å². The number of thiophene rings is 1. The van der Waals surface area contributed by atoms with Crippen molar-refractivity contribution in [1.82, 2.24) is 9.97 Å². The maximum absolute atomic E-state index is 12.7. The van der Waals surface area contributed by atoms with Crippen LogP contribution in [0.3, 0.4) is 0 Å². The summed E-state index contributed by atoms with van der Waals surface area (Å²) >= 11 is 1.59. The van der Waals surface area contributed by atoms with E-state index in [2.05, 4.69) is 16.9 Å². The SMILES string of the molecule is C[C@@H]1CCc2c(sc3nc([C@@H](C)OC(=O)/C=C/c4ccccc4)[nH]c(=O)c23)C1. The number of ether oxygens (including phenoxy) is 1. The van der Waals surface area contributed by atoms with Crippen LogP contribution in [0.5, 0.6) is 0 Å². The van der Waals surface area contributed by atoms with Gasteiger partial charge in [0.05, 0.1) is 5.39 Å². The number of carbonyl (C=O) groups excluding carboxylic acids is 1. The Morgan fingerprint density at radius 3 is 2.93 bits per heavy atom. The van der Waals surface area contributed by atoms with E-state index in [4.69, 9.17) is 4.74 Å². The molecule has 4 rings (SSSR count). The Balaban J connectivity index is 1.54. The summed E-state index contributed by atoms with van der Waals surface area (Å²) < 4.78 is 5.43. The Bertz CT molecular complexity index is 1100. The number of aromatic amines is 1. The number of aromatic nitrogens is 2. The number of nitrogens with one attached hydrogen (secondary N) is 1. The number of carbonyl (C=O) groups is 1. The van der Waals surface area contributed by atoms with Gasteiger partial charge in [0.2, 0.25) is 0 Å². The van der Waals surface area contributed by atoms with Crippen molar-refractivity contribution in [3.05, 3.63) is 68.6 Å². The first kappa shape index (κ1) is 18.6. The van der Waals surface area contributed by atoms with Gasteiger partial charge in [-0.15, -0.1) is 11.3 Å². The molecule has 28 heavy (non-hydrogen) atoms. The fourth-order valence-corrected chi connectivity index (χ4v) is 4.95. The van der Waals surface area contributed by atoms with Crippen molar-refractivity contribution < 1.29 is 9.53 Å². The second kappa shape index (κ2) is 7.72. The van der Waals surface area contributed by atoms with E-state index in [1.165, 1.54) is 11.0 Å². The molecule has 0 aliphatic heterocycles. The molecule has 144 valence electrons. The molecule has 0 bridgehead atoms. The van der Waals surface area contributed by atoms with Crippen LogP contribution < -0.4 is 5.56 Å². The van der Waals surface area contributed by atoms with Gasteiger partial charge in [-0.1, -0.05) is 37.3 Å². The van der Waals surface area contributed by atoms with E-state index in [1.807, 2.05) is 30.3 Å². The number of benzene rings is 1. The molecule has 0 fully saturated rings. The molecule has 0 saturated carbocycles. The minimum atomic E-state index is -0.636. The first-order valence-corrected chi connectivity index (χ1v) is 10.3. The molecule has 2 atom stereocenters. The van der Waals surface area contributed by atoms with Gasteiger partial charge in [-0.05, 0) is 49.3 Å². The molecule has 1 aliphatic rings. The first-order valence-electron chi connectivity index (χ1n) is 9.49. The lowest BCUT2D eigenvalue weighted by Gasteiger charge is -2.17. The van der Waals surface area contributed by atoms with Crippen LogP contribution >= 0.6 is 11.3 Å². The van der Waals surface area contributed by atoms with Crippen LogP contribution in [0.2, 0.25) is 0 Å². The van der Waals surface area contributed by atoms with Gasteiger partial charge in [-0.2, -0.15) is 0 Å². The number of nitrogens with zero attached hydrogens (tertiary/aromatic N) is 1. The average molecular weight is 394 g/mol. The Labute approximate surface area is 167 Å². The number of esters is 1. The number of fused-ring (bicyclic) bond motifs is 3. The van der Waals surface area contributed by atoms with E-state index in [9.17, 15) is 9.59 Å². The zero-order valence-electron chi connectivity index (χ0n) is 15.9. The monoisotopic (exact) mass is 394 g/mol. The molecule has 0 radical (unpaired) electrons. The van der Waals surface area contributed by atoms with E-state index in [1.54, 1.807) is 24.3 Å². The summed E-state index contributed by atoms with van der Waals surface area (Å²) in [6.07, 6.45) is 5.47. The molecule has 2 heterocycles. The highest BCUT2D eigenvalue weighted by molar-refractivity contribution is 7.18. The number of hydrogen-bond donors (Lipinski definition) is 1. The predicted octanol–water partition coefficient (Wildman–Crippen LogP) is 4.43. The maximum atomic E-state index is 12.7. The lowest BCUT2D eigenvalue weighted by molar-refractivity contribution is -0.142. The summed E-state index contributed by atoms with van der Waals surface area (Å²) in [4.78, 5) is 34.2. The van der Waals surface area contributed by atoms with Crippen LogP contribution in [0.4, 0.5) is 0 Å². The van der Waals surface area contributed by atoms with Crippen molar-refractivity contribution in [3.8, 4) is 0 Å². The lowest BCUT2D eigenvalue weighted by Crippen LogP contribution is -2.17. The Morgan fingerprint density at radius 1 is 1.36 bits per heavy atom. The first-order chi connectivity index (χ1) is 13.5. The van der Waals surface area contributed by atoms with Gasteiger partial charge in [-0.25, -0.2) is 9.78 Å². The second-order valence-corrected chi connectivity index (χ2v) is 8.39. The Hall–Kier alpha value is -2.73. The van der Waals surface area contributed by atoms with Crippen LogP contribution in [0, 0.1) is 5.92 Å². The summed E-state index contributed by atoms with van der Waals surface area (Å²) in [6, 6.07) is 9.52. The van der Waals surface area contributed by atoms with Crippen molar-refractivity contribution in [1.29, 1.82) is 0 Å². The van der Waals surface area contributed by atoms with Crippen molar-refractivity contribution in [3.63, 3.8) is 0 Å². The van der Waals surface area contributed by atoms with E-state index < -0.39 is 12.1 Å². The molecule has 0 amide bonds. The van der Waals surface area contributed by atoms with Gasteiger partial charge < -0.3 is 9.72 Å². The number of hydrogen-bond acceptors (Lipinski definition) is 5. The standard InChI is InChI=1S/C22H22N2O3S/c1-13-8-10-16-17(12-13)28-22-19(16)21(26)23-20(24-22)14(2)27-18(25)11-9-15-6-4-3-5-7-15/h3-7,9,11,13-14H,8,10,12H2,1-2H3,(H,23,24,26)/b11-9+/t13-,14-/m1/s1. The third kappa shape index (κ3) is 3.78. The third-order valence-corrected chi connectivity index (χ3v) is 6.22. The summed E-state index contributed by atoms with van der Waals surface area (Å²) in [7, 11) is 0. The molecular weight excluding hydrogens is 372 g/mol. The lowest BCUT2D eigenvalue weighted by atomic mass is 9.89. The molecule has 5 nitrogen and oxygen atoms in total. The third-order valence-electron chi connectivity index (χ3n) is 5.07. The average Bonchev–Trinajstić information content (AvgIpc) is 3.05. The number of H-pyrrole nitrogens is 1. The van der Waals surface area contributed by atoms with E-state index in [0.29, 0.717) is 17.1 Å². The van der Waals surface area contributed by atoms with E-state index in [0.717, 1.165) is 35.2 Å². The highest BCUT2D eigenvalue weighted by atomic mass is 32.1. The van der Waals surface area contributed by atoms with Crippen LogP contribution in [0.1, 0.15) is 48.2 Å². The van der Waals surface area contributed by atoms with Crippen LogP contribution in [0.25, 0.3) is 16.3 Å². The minimum Gasteiger partial charge on any atom is -0.451 e. The van der Waals surface area contributed by atoms with Gasteiger partial charge in [0.25, 0.3) is 5.56 Å². The van der Waals surface area contributed by atoms with Crippen LogP contribution in [-0.4, -0.2) is 15.9 Å². The fourth-order valence-electron chi connectivity index (χ4n) is 3.56. The molecule has 0 spiro atoms. The smallest absolute Gasteiger partial charge is 0.331 e. The summed E-state index contributed by atoms with van der Waals surface area (Å²) in [5.41, 5.74) is 1.92. The summed E-state index contributed by atoms with van der Waals surface area (Å²) in [6.45, 7) is 3.95. The van der Waals surface area contributed by atoms with Crippen molar-refractivity contribution in [2.24, 2.45) is 5.92 Å². The van der Waals surface area contributed by atoms with Crippen molar-refractivity contribution in [2.45, 2.75) is 39.2 Å². The van der Waals surface area contributed by atoms with Crippen molar-refractivity contribution >= 4 is 33.6 Å². The van der Waals surface area contributed by atoms with Gasteiger partial charge in [0, 0.05) is 11.0 Å². The summed E-state index contributed by atoms with van der Waals surface area (Å²) in [5, 5.41) is 0.707. The van der Waals surface area contributed by atoms with Crippen molar-refractivity contribution in [2.75, 3.05) is 0 Å². The molecule has 3 aromatic rings. The molecule has 6 heteroatoms. The molecule has 1 aromatic carbocycles. The molecule has 0 saturated heterocycles. The quantitative estimate of drug-likeness (QED) is 0.525. The molecule has 1 N–H and O–H groups in total. The topological polar surface area (TPSA) is 72.0 Å². The predicted molar refractivity (Wildman–Crippen MR) is 111 cm³/mol. The summed E-state index contributed by atoms with van der Waals surface area (Å²) in [5.74, 6) is 0.541. The molecule has 0 unspecified atom stereocenters. The van der Waals surface area contributed by atoms with Gasteiger partial charge in [0.1, 0.15) is 4.83 Å². The molecule has 2 aromatic heterocycles. The van der Waals surface area contributed by atoms with Gasteiger partial charge >= 0.3 is 5.97 Å². The molecule has 1 aliphatic carbocycles. The van der Waals surface area contributed by atoms with E-state index in [-0.39, 0.29) is 5.56 Å². The second-order valence-electron chi connectivity index (χ2n) is 7.31. The van der Waals surface area contributed by atoms with Gasteiger partial charge in [-0.3, -0.25) is 4.79 Å². The Morgan fingerprint density at radius 2 is 2.14 bits per heavy atom. The zero-order valence-corrected chi connectivity index (χ0v) is 16.7. The molecular formula is C22H22N2O3S. The maximum Gasteiger partial charge on any atom is 0.331 e. The fraction of sp³-hybridized carbons (Fsp3) is 0.318. The Kier molecular flexibility index (Phi) is 5.13. The largest absolute Gasteiger partial charge is 0.451 e. The highest BCUT2D eigenvalue weighted by Crippen LogP contribution is 2.35. The normalized spacial score (nSPS) is 17.6. The van der Waals surface area contributed by atoms with Crippen LogP contribution in [0.15, 0.2) is 41.2 Å². The highest BCUT2D eigenvalue weighted by Gasteiger charge is 2.24. The minimum absolute atomic E-state index is 0.144. The van der Waals surface area contributed by atoms with Crippen LogP contribution in [-0.2, 0) is 22.4 Å².